The molecule has 0 saturated heterocycles. The van der Waals surface area contributed by atoms with E-state index < -0.39 is 0 Å². The fraction of sp³-hybridized carbons (Fsp3) is 0.667. The van der Waals surface area contributed by atoms with Crippen LogP contribution in [-0.2, 0) is 6.42 Å². The topological polar surface area (TPSA) is 15.3 Å². The molecule has 0 aliphatic carbocycles. The highest BCUT2D eigenvalue weighted by Crippen LogP contribution is 2.05. The van der Waals surface area contributed by atoms with Crippen LogP contribution >= 0.6 is 11.3 Å². The molecular weight excluding hydrogens is 204 g/mol. The van der Waals surface area contributed by atoms with Crippen LogP contribution in [0.4, 0.5) is 0 Å². The van der Waals surface area contributed by atoms with E-state index in [1.165, 1.54) is 5.56 Å². The molecule has 0 unspecified atom stereocenters. The predicted molar refractivity (Wildman–Crippen MR) is 68.7 cm³/mol. The zero-order valence-electron chi connectivity index (χ0n) is 9.83. The minimum Gasteiger partial charge on any atom is -0.315 e. The Kier molecular flexibility index (Phi) is 6.64. The fourth-order valence-electron chi connectivity index (χ4n) is 1.57. The van der Waals surface area contributed by atoms with E-state index >= 15 is 0 Å². The van der Waals surface area contributed by atoms with E-state index in [1.54, 1.807) is 11.3 Å². The van der Waals surface area contributed by atoms with Crippen molar-refractivity contribution in [3.63, 3.8) is 0 Å². The van der Waals surface area contributed by atoms with Gasteiger partial charge >= 0.3 is 0 Å². The molecule has 0 fully saturated rings. The number of hydrogen-bond donors (Lipinski definition) is 1. The van der Waals surface area contributed by atoms with Crippen LogP contribution in [0.5, 0.6) is 0 Å². The van der Waals surface area contributed by atoms with Crippen LogP contribution in [0.1, 0.15) is 19.4 Å². The van der Waals surface area contributed by atoms with Crippen molar-refractivity contribution in [1.29, 1.82) is 0 Å². The Morgan fingerprint density at radius 1 is 1.27 bits per heavy atom. The molecule has 1 rings (SSSR count). The number of rotatable bonds is 8. The van der Waals surface area contributed by atoms with Crippen LogP contribution in [0, 0.1) is 0 Å². The minimum atomic E-state index is 1.10. The normalized spacial score (nSPS) is 11.1. The highest BCUT2D eigenvalue weighted by atomic mass is 32.1. The molecule has 0 radical (unpaired) electrons. The predicted octanol–water partition coefficient (Wildman–Crippen LogP) is 2.22. The van der Waals surface area contributed by atoms with Crippen molar-refractivity contribution in [1.82, 2.24) is 10.2 Å². The Hall–Kier alpha value is -0.380. The summed E-state index contributed by atoms with van der Waals surface area (Å²) in [4.78, 5) is 2.44. The van der Waals surface area contributed by atoms with Gasteiger partial charge in [-0.3, -0.25) is 0 Å². The maximum atomic E-state index is 3.49. The second-order valence-corrected chi connectivity index (χ2v) is 4.44. The van der Waals surface area contributed by atoms with Crippen LogP contribution in [0.25, 0.3) is 0 Å². The van der Waals surface area contributed by atoms with Crippen LogP contribution in [0.3, 0.4) is 0 Å². The van der Waals surface area contributed by atoms with Crippen molar-refractivity contribution in [3.8, 4) is 0 Å². The van der Waals surface area contributed by atoms with Gasteiger partial charge in [0, 0.05) is 13.1 Å². The van der Waals surface area contributed by atoms with Gasteiger partial charge in [-0.1, -0.05) is 13.8 Å². The molecule has 86 valence electrons. The summed E-state index contributed by atoms with van der Waals surface area (Å²) in [6, 6.07) is 2.21. The zero-order chi connectivity index (χ0) is 10.9. The first kappa shape index (κ1) is 12.7. The Bertz CT molecular complexity index is 230. The van der Waals surface area contributed by atoms with Gasteiger partial charge in [0.05, 0.1) is 0 Å². The molecule has 0 aliphatic rings. The first-order chi connectivity index (χ1) is 7.36. The van der Waals surface area contributed by atoms with Crippen molar-refractivity contribution >= 4 is 11.3 Å². The van der Waals surface area contributed by atoms with Gasteiger partial charge in [0.15, 0.2) is 0 Å². The monoisotopic (exact) mass is 226 g/mol. The van der Waals surface area contributed by atoms with Gasteiger partial charge in [0.25, 0.3) is 0 Å². The Morgan fingerprint density at radius 2 is 2.07 bits per heavy atom. The number of nitrogens with zero attached hydrogens (tertiary/aromatic N) is 1. The second-order valence-electron chi connectivity index (χ2n) is 3.66. The number of hydrogen-bond acceptors (Lipinski definition) is 3. The largest absolute Gasteiger partial charge is 0.315 e. The summed E-state index contributed by atoms with van der Waals surface area (Å²) in [5.41, 5.74) is 1.45. The number of nitrogens with one attached hydrogen (secondary N) is 1. The summed E-state index contributed by atoms with van der Waals surface area (Å²) in [6.07, 6.45) is 1.15. The lowest BCUT2D eigenvalue weighted by atomic mass is 10.2. The highest BCUT2D eigenvalue weighted by Gasteiger charge is 1.97. The SMILES string of the molecule is CCN(CC)CCNCCc1ccsc1. The molecule has 0 saturated carbocycles. The van der Waals surface area contributed by atoms with E-state index in [4.69, 9.17) is 0 Å². The minimum absolute atomic E-state index is 1.10. The molecule has 0 atom stereocenters. The highest BCUT2D eigenvalue weighted by molar-refractivity contribution is 7.07. The van der Waals surface area contributed by atoms with E-state index in [-0.39, 0.29) is 0 Å². The molecule has 2 nitrogen and oxygen atoms in total. The van der Waals surface area contributed by atoms with Crippen molar-refractivity contribution in [2.45, 2.75) is 20.3 Å². The quantitative estimate of drug-likeness (QED) is 0.684. The maximum Gasteiger partial charge on any atom is 0.0107 e. The number of likely N-dealkylation sites (N-methyl/N-ethyl adjacent to an activating group) is 1. The van der Waals surface area contributed by atoms with Crippen molar-refractivity contribution in [2.75, 3.05) is 32.7 Å². The van der Waals surface area contributed by atoms with Gasteiger partial charge in [-0.2, -0.15) is 11.3 Å². The second kappa shape index (κ2) is 7.85. The maximum absolute atomic E-state index is 3.49. The molecule has 1 N–H and O–H groups in total. The lowest BCUT2D eigenvalue weighted by Crippen LogP contribution is -2.32. The zero-order valence-corrected chi connectivity index (χ0v) is 10.6. The van der Waals surface area contributed by atoms with Crippen LogP contribution < -0.4 is 5.32 Å². The molecule has 1 heterocycles. The molecular formula is C12H22N2S. The van der Waals surface area contributed by atoms with Gasteiger partial charge < -0.3 is 10.2 Å². The average molecular weight is 226 g/mol. The Labute approximate surface area is 97.3 Å². The average Bonchev–Trinajstić information content (AvgIpc) is 2.76. The summed E-state index contributed by atoms with van der Waals surface area (Å²) in [5.74, 6) is 0. The van der Waals surface area contributed by atoms with E-state index in [0.717, 1.165) is 39.1 Å². The third kappa shape index (κ3) is 5.30. The van der Waals surface area contributed by atoms with Gasteiger partial charge in [-0.25, -0.2) is 0 Å². The van der Waals surface area contributed by atoms with Gasteiger partial charge in [-0.15, -0.1) is 0 Å². The molecule has 0 spiro atoms. The van der Waals surface area contributed by atoms with Crippen molar-refractivity contribution < 1.29 is 0 Å². The molecule has 0 aromatic carbocycles. The first-order valence-corrected chi connectivity index (χ1v) is 6.75. The van der Waals surface area contributed by atoms with Crippen LogP contribution in [0.15, 0.2) is 16.8 Å². The Morgan fingerprint density at radius 3 is 2.67 bits per heavy atom. The van der Waals surface area contributed by atoms with E-state index in [2.05, 4.69) is 40.9 Å². The molecule has 0 bridgehead atoms. The van der Waals surface area contributed by atoms with E-state index in [9.17, 15) is 0 Å². The number of thiophene rings is 1. The third-order valence-corrected chi connectivity index (χ3v) is 3.40. The smallest absolute Gasteiger partial charge is 0.0107 e. The molecule has 1 aromatic rings. The van der Waals surface area contributed by atoms with Gasteiger partial charge in [0.2, 0.25) is 0 Å². The molecule has 0 aliphatic heterocycles. The standard InChI is InChI=1S/C12H22N2S/c1-3-14(4-2)9-8-13-7-5-12-6-10-15-11-12/h6,10-11,13H,3-5,7-9H2,1-2H3. The summed E-state index contributed by atoms with van der Waals surface area (Å²) in [5, 5.41) is 7.86. The molecule has 1 aromatic heterocycles. The summed E-state index contributed by atoms with van der Waals surface area (Å²) < 4.78 is 0. The van der Waals surface area contributed by atoms with E-state index in [1.807, 2.05) is 0 Å². The van der Waals surface area contributed by atoms with Crippen molar-refractivity contribution in [2.24, 2.45) is 0 Å². The van der Waals surface area contributed by atoms with E-state index in [0.29, 0.717) is 0 Å². The summed E-state index contributed by atoms with van der Waals surface area (Å²) in [7, 11) is 0. The fourth-order valence-corrected chi connectivity index (χ4v) is 2.27. The van der Waals surface area contributed by atoms with Crippen molar-refractivity contribution in [3.05, 3.63) is 22.4 Å². The first-order valence-electron chi connectivity index (χ1n) is 5.81. The van der Waals surface area contributed by atoms with Crippen LogP contribution in [-0.4, -0.2) is 37.6 Å². The lowest BCUT2D eigenvalue weighted by Gasteiger charge is -2.17. The molecule has 15 heavy (non-hydrogen) atoms. The summed E-state index contributed by atoms with van der Waals surface area (Å²) in [6.45, 7) is 10.1. The van der Waals surface area contributed by atoms with Gasteiger partial charge in [0.1, 0.15) is 0 Å². The third-order valence-electron chi connectivity index (χ3n) is 2.67. The lowest BCUT2D eigenvalue weighted by molar-refractivity contribution is 0.303. The molecule has 3 heteroatoms. The summed E-state index contributed by atoms with van der Waals surface area (Å²) >= 11 is 1.78. The van der Waals surface area contributed by atoms with Crippen LogP contribution in [0.2, 0.25) is 0 Å². The van der Waals surface area contributed by atoms with Gasteiger partial charge in [-0.05, 0) is 48.4 Å². The Balaban J connectivity index is 1.97. The molecule has 0 amide bonds.